The number of hydrogen-bond donors (Lipinski definition) is 1. The maximum Gasteiger partial charge on any atom is 0.0692 e. The molecule has 0 saturated carbocycles. The van der Waals surface area contributed by atoms with Crippen molar-refractivity contribution in [3.8, 4) is 5.69 Å². The van der Waals surface area contributed by atoms with Gasteiger partial charge >= 0.3 is 0 Å². The molecule has 0 aliphatic heterocycles. The van der Waals surface area contributed by atoms with E-state index in [9.17, 15) is 0 Å². The fraction of sp³-hybridized carbons (Fsp3) is 0.182. The van der Waals surface area contributed by atoms with Crippen LogP contribution in [0.5, 0.6) is 0 Å². The minimum Gasteiger partial charge on any atom is -0.330 e. The number of hydrogen-bond acceptors (Lipinski definition) is 2. The molecule has 1 aromatic heterocycles. The molecule has 0 bridgehead atoms. The Morgan fingerprint density at radius 2 is 2.20 bits per heavy atom. The molecule has 1 heterocycles. The molecule has 0 amide bonds. The lowest BCUT2D eigenvalue weighted by Gasteiger charge is -2.10. The summed E-state index contributed by atoms with van der Waals surface area (Å²) < 4.78 is 1.80. The van der Waals surface area contributed by atoms with Gasteiger partial charge in [0.15, 0.2) is 0 Å². The Morgan fingerprint density at radius 1 is 1.33 bits per heavy atom. The van der Waals surface area contributed by atoms with Crippen molar-refractivity contribution in [2.75, 3.05) is 6.54 Å². The number of halogens is 1. The normalized spacial score (nSPS) is 10.5. The predicted molar refractivity (Wildman–Crippen MR) is 61.3 cm³/mol. The summed E-state index contributed by atoms with van der Waals surface area (Å²) in [7, 11) is 0. The van der Waals surface area contributed by atoms with Gasteiger partial charge in [-0.25, -0.2) is 4.68 Å². The third-order valence-electron chi connectivity index (χ3n) is 2.24. The summed E-state index contributed by atoms with van der Waals surface area (Å²) in [6.07, 6.45) is 4.40. The second kappa shape index (κ2) is 4.47. The smallest absolute Gasteiger partial charge is 0.0692 e. The van der Waals surface area contributed by atoms with Crippen molar-refractivity contribution < 1.29 is 0 Å². The summed E-state index contributed by atoms with van der Waals surface area (Å²) in [6.45, 7) is 0.581. The second-order valence-electron chi connectivity index (χ2n) is 3.23. The van der Waals surface area contributed by atoms with Gasteiger partial charge in [0.2, 0.25) is 0 Å². The first-order valence-electron chi connectivity index (χ1n) is 4.80. The lowest BCUT2D eigenvalue weighted by Crippen LogP contribution is -2.07. The Balaban J connectivity index is 2.51. The van der Waals surface area contributed by atoms with Crippen LogP contribution in [-0.2, 0) is 6.42 Å². The van der Waals surface area contributed by atoms with Crippen molar-refractivity contribution in [2.24, 2.45) is 5.73 Å². The highest BCUT2D eigenvalue weighted by Gasteiger charge is 2.07. The van der Waals surface area contributed by atoms with Gasteiger partial charge in [0, 0.05) is 17.4 Å². The maximum absolute atomic E-state index is 6.13. The van der Waals surface area contributed by atoms with E-state index in [2.05, 4.69) is 5.10 Å². The average Bonchev–Trinajstić information content (AvgIpc) is 2.74. The molecule has 0 unspecified atom stereocenters. The fourth-order valence-electron chi connectivity index (χ4n) is 1.57. The molecule has 0 radical (unpaired) electrons. The summed E-state index contributed by atoms with van der Waals surface area (Å²) in [5.41, 5.74) is 7.61. The second-order valence-corrected chi connectivity index (χ2v) is 3.63. The Hall–Kier alpha value is -1.32. The van der Waals surface area contributed by atoms with E-state index in [-0.39, 0.29) is 0 Å². The first-order valence-corrected chi connectivity index (χ1v) is 5.18. The molecule has 0 spiro atoms. The number of benzene rings is 1. The van der Waals surface area contributed by atoms with Crippen LogP contribution < -0.4 is 5.73 Å². The molecule has 78 valence electrons. The maximum atomic E-state index is 6.13. The van der Waals surface area contributed by atoms with Gasteiger partial charge in [-0.15, -0.1) is 0 Å². The summed E-state index contributed by atoms with van der Waals surface area (Å²) >= 11 is 6.13. The summed E-state index contributed by atoms with van der Waals surface area (Å²) in [6, 6.07) is 7.66. The Kier molecular flexibility index (Phi) is 3.04. The minimum absolute atomic E-state index is 0.581. The van der Waals surface area contributed by atoms with E-state index in [4.69, 9.17) is 17.3 Å². The van der Waals surface area contributed by atoms with Gasteiger partial charge in [0.1, 0.15) is 0 Å². The number of nitrogens with zero attached hydrogens (tertiary/aromatic N) is 2. The topological polar surface area (TPSA) is 43.8 Å². The van der Waals surface area contributed by atoms with Crippen molar-refractivity contribution in [3.05, 3.63) is 47.2 Å². The molecule has 4 heteroatoms. The molecule has 2 aromatic rings. The van der Waals surface area contributed by atoms with Gasteiger partial charge in [-0.1, -0.05) is 17.7 Å². The van der Waals surface area contributed by atoms with Crippen LogP contribution in [-0.4, -0.2) is 16.3 Å². The third kappa shape index (κ3) is 2.03. The van der Waals surface area contributed by atoms with Crippen molar-refractivity contribution >= 4 is 11.6 Å². The van der Waals surface area contributed by atoms with Crippen molar-refractivity contribution in [2.45, 2.75) is 6.42 Å². The zero-order chi connectivity index (χ0) is 10.7. The summed E-state index contributed by atoms with van der Waals surface area (Å²) in [4.78, 5) is 0. The van der Waals surface area contributed by atoms with Crippen LogP contribution in [0.3, 0.4) is 0 Å². The first-order chi connectivity index (χ1) is 7.33. The minimum atomic E-state index is 0.581. The lowest BCUT2D eigenvalue weighted by molar-refractivity contribution is 0.851. The van der Waals surface area contributed by atoms with Crippen molar-refractivity contribution in [1.82, 2.24) is 9.78 Å². The molecule has 0 aliphatic rings. The molecule has 1 aromatic carbocycles. The third-order valence-corrected chi connectivity index (χ3v) is 2.59. The van der Waals surface area contributed by atoms with E-state index in [1.807, 2.05) is 30.5 Å². The largest absolute Gasteiger partial charge is 0.330 e. The average molecular weight is 222 g/mol. The van der Waals surface area contributed by atoms with E-state index in [0.29, 0.717) is 6.54 Å². The van der Waals surface area contributed by atoms with Gasteiger partial charge < -0.3 is 5.73 Å². The van der Waals surface area contributed by atoms with Crippen LogP contribution >= 0.6 is 11.6 Å². The van der Waals surface area contributed by atoms with E-state index in [1.165, 1.54) is 0 Å². The summed E-state index contributed by atoms with van der Waals surface area (Å²) in [5, 5.41) is 4.93. The van der Waals surface area contributed by atoms with E-state index in [0.717, 1.165) is 22.7 Å². The van der Waals surface area contributed by atoms with Gasteiger partial charge in [-0.2, -0.15) is 5.10 Å². The molecule has 0 aliphatic carbocycles. The number of rotatable bonds is 3. The van der Waals surface area contributed by atoms with Crippen LogP contribution in [0, 0.1) is 0 Å². The molecule has 2 rings (SSSR count). The van der Waals surface area contributed by atoms with E-state index < -0.39 is 0 Å². The zero-order valence-corrected chi connectivity index (χ0v) is 8.98. The monoisotopic (exact) mass is 221 g/mol. The van der Waals surface area contributed by atoms with Crippen LogP contribution in [0.25, 0.3) is 5.69 Å². The van der Waals surface area contributed by atoms with E-state index in [1.54, 1.807) is 10.9 Å². The van der Waals surface area contributed by atoms with Crippen LogP contribution in [0.15, 0.2) is 36.7 Å². The molecule has 0 atom stereocenters. The quantitative estimate of drug-likeness (QED) is 0.862. The highest BCUT2D eigenvalue weighted by atomic mass is 35.5. The predicted octanol–water partition coefficient (Wildman–Crippen LogP) is 2.03. The molecule has 15 heavy (non-hydrogen) atoms. The zero-order valence-electron chi connectivity index (χ0n) is 8.23. The van der Waals surface area contributed by atoms with Crippen LogP contribution in [0.2, 0.25) is 5.02 Å². The first kappa shape index (κ1) is 10.2. The van der Waals surface area contributed by atoms with E-state index >= 15 is 0 Å². The van der Waals surface area contributed by atoms with Crippen LogP contribution in [0.4, 0.5) is 0 Å². The van der Waals surface area contributed by atoms with Gasteiger partial charge in [0.25, 0.3) is 0 Å². The Morgan fingerprint density at radius 3 is 2.87 bits per heavy atom. The van der Waals surface area contributed by atoms with Crippen molar-refractivity contribution in [1.29, 1.82) is 0 Å². The molecule has 2 N–H and O–H groups in total. The molecular weight excluding hydrogens is 210 g/mol. The van der Waals surface area contributed by atoms with Gasteiger partial charge in [-0.3, -0.25) is 0 Å². The van der Waals surface area contributed by atoms with Crippen LogP contribution in [0.1, 0.15) is 5.56 Å². The standard InChI is InChI=1S/C11H12ClN3/c12-10-3-1-4-11(9(10)5-6-13)15-8-2-7-14-15/h1-4,7-8H,5-6,13H2. The number of nitrogens with two attached hydrogens (primary N) is 1. The lowest BCUT2D eigenvalue weighted by atomic mass is 10.1. The molecule has 0 fully saturated rings. The highest BCUT2D eigenvalue weighted by molar-refractivity contribution is 6.31. The van der Waals surface area contributed by atoms with Crippen molar-refractivity contribution in [3.63, 3.8) is 0 Å². The summed E-state index contributed by atoms with van der Waals surface area (Å²) in [5.74, 6) is 0. The Labute approximate surface area is 93.5 Å². The fourth-order valence-corrected chi connectivity index (χ4v) is 1.83. The number of aromatic nitrogens is 2. The highest BCUT2D eigenvalue weighted by Crippen LogP contribution is 2.22. The van der Waals surface area contributed by atoms with Gasteiger partial charge in [0.05, 0.1) is 5.69 Å². The Bertz CT molecular complexity index is 437. The SMILES string of the molecule is NCCc1c(Cl)cccc1-n1cccn1. The molecule has 0 saturated heterocycles. The molecule has 3 nitrogen and oxygen atoms in total. The van der Waals surface area contributed by atoms with Gasteiger partial charge in [-0.05, 0) is 36.7 Å². The molecular formula is C11H12ClN3.